The summed E-state index contributed by atoms with van der Waals surface area (Å²) in [6.07, 6.45) is 6.89. The molecule has 0 radical (unpaired) electrons. The van der Waals surface area contributed by atoms with Crippen molar-refractivity contribution in [2.24, 2.45) is 0 Å². The lowest BCUT2D eigenvalue weighted by molar-refractivity contribution is -0.137. The van der Waals surface area contributed by atoms with E-state index in [2.05, 4.69) is 6.92 Å². The van der Waals surface area contributed by atoms with E-state index in [9.17, 15) is 13.6 Å². The van der Waals surface area contributed by atoms with Crippen LogP contribution in [0.25, 0.3) is 0 Å². The van der Waals surface area contributed by atoms with Crippen molar-refractivity contribution in [2.75, 3.05) is 6.54 Å². The second kappa shape index (κ2) is 8.66. The molecule has 0 saturated carbocycles. The average molecular weight is 305 g/mol. The first-order valence-electron chi connectivity index (χ1n) is 8.21. The van der Waals surface area contributed by atoms with Gasteiger partial charge in [0.15, 0.2) is 0 Å². The highest BCUT2D eigenvalue weighted by molar-refractivity contribution is 5.66. The lowest BCUT2D eigenvalue weighted by Gasteiger charge is -2.30. The molecule has 2 atom stereocenters. The molecule has 5 heteroatoms. The molecule has 0 aliphatic carbocycles. The van der Waals surface area contributed by atoms with Crippen LogP contribution in [0, 0.1) is 0 Å². The zero-order chi connectivity index (χ0) is 15.9. The fourth-order valence-electron chi connectivity index (χ4n) is 3.21. The van der Waals surface area contributed by atoms with Gasteiger partial charge in [0.05, 0.1) is 6.54 Å². The molecule has 1 saturated heterocycles. The number of carboxylic acids is 1. The van der Waals surface area contributed by atoms with Crippen molar-refractivity contribution in [1.29, 1.82) is 0 Å². The topological polar surface area (TPSA) is 40.5 Å². The molecule has 0 spiro atoms. The fraction of sp³-hybridized carbons (Fsp3) is 0.938. The van der Waals surface area contributed by atoms with E-state index in [0.717, 1.165) is 19.3 Å². The summed E-state index contributed by atoms with van der Waals surface area (Å²) >= 11 is 0. The van der Waals surface area contributed by atoms with Crippen LogP contribution >= 0.6 is 0 Å². The first-order valence-corrected chi connectivity index (χ1v) is 8.21. The Bertz CT molecular complexity index is 323. The van der Waals surface area contributed by atoms with Gasteiger partial charge in [0.25, 0.3) is 5.92 Å². The summed E-state index contributed by atoms with van der Waals surface area (Å²) in [6.45, 7) is 3.95. The van der Waals surface area contributed by atoms with Gasteiger partial charge in [0, 0.05) is 24.9 Å². The summed E-state index contributed by atoms with van der Waals surface area (Å²) in [7, 11) is 0. The molecule has 1 aliphatic heterocycles. The van der Waals surface area contributed by atoms with Gasteiger partial charge in [-0.1, -0.05) is 39.0 Å². The highest BCUT2D eigenvalue weighted by Crippen LogP contribution is 2.36. The smallest absolute Gasteiger partial charge is 0.303 e. The van der Waals surface area contributed by atoms with Crippen LogP contribution in [-0.2, 0) is 4.79 Å². The highest BCUT2D eigenvalue weighted by atomic mass is 19.3. The number of likely N-dealkylation sites (tertiary alicyclic amines) is 1. The minimum Gasteiger partial charge on any atom is -0.481 e. The van der Waals surface area contributed by atoms with Gasteiger partial charge in [-0.15, -0.1) is 0 Å². The van der Waals surface area contributed by atoms with Crippen molar-refractivity contribution < 1.29 is 18.7 Å². The molecule has 124 valence electrons. The van der Waals surface area contributed by atoms with Crippen LogP contribution in [0.15, 0.2) is 0 Å². The third-order valence-corrected chi connectivity index (χ3v) is 4.40. The molecule has 0 aromatic rings. The van der Waals surface area contributed by atoms with Crippen molar-refractivity contribution in [2.45, 2.75) is 89.6 Å². The van der Waals surface area contributed by atoms with E-state index in [1.54, 1.807) is 0 Å². The van der Waals surface area contributed by atoms with E-state index >= 15 is 0 Å². The first-order chi connectivity index (χ1) is 9.85. The van der Waals surface area contributed by atoms with E-state index in [-0.39, 0.29) is 31.5 Å². The Labute approximate surface area is 126 Å². The largest absolute Gasteiger partial charge is 0.481 e. The third-order valence-electron chi connectivity index (χ3n) is 4.40. The molecule has 1 fully saturated rings. The lowest BCUT2D eigenvalue weighted by Crippen LogP contribution is -2.38. The predicted molar refractivity (Wildman–Crippen MR) is 79.8 cm³/mol. The number of nitrogens with zero attached hydrogens (tertiary/aromatic N) is 1. The van der Waals surface area contributed by atoms with Gasteiger partial charge in [-0.25, -0.2) is 8.78 Å². The molecular weight excluding hydrogens is 276 g/mol. The van der Waals surface area contributed by atoms with Gasteiger partial charge in [0.2, 0.25) is 0 Å². The highest BCUT2D eigenvalue weighted by Gasteiger charge is 2.46. The SMILES string of the molecule is CCCCCCCC(C)N1CC(F)(F)C[C@H]1CCC(=O)O. The number of hydrogen-bond donors (Lipinski definition) is 1. The first kappa shape index (κ1) is 18.3. The van der Waals surface area contributed by atoms with Crippen LogP contribution in [0.4, 0.5) is 8.78 Å². The van der Waals surface area contributed by atoms with Gasteiger partial charge in [-0.2, -0.15) is 0 Å². The maximum Gasteiger partial charge on any atom is 0.303 e. The van der Waals surface area contributed by atoms with Gasteiger partial charge in [-0.05, 0) is 19.8 Å². The van der Waals surface area contributed by atoms with Crippen LogP contribution < -0.4 is 0 Å². The van der Waals surface area contributed by atoms with Gasteiger partial charge in [-0.3, -0.25) is 9.69 Å². The molecule has 1 N–H and O–H groups in total. The molecule has 1 rings (SSSR count). The summed E-state index contributed by atoms with van der Waals surface area (Å²) in [5.74, 6) is -3.57. The molecule has 1 unspecified atom stereocenters. The molecule has 0 aromatic heterocycles. The number of rotatable bonds is 10. The third kappa shape index (κ3) is 6.72. The summed E-state index contributed by atoms with van der Waals surface area (Å²) < 4.78 is 27.3. The molecule has 1 aliphatic rings. The number of carboxylic acid groups (broad SMARTS) is 1. The Hall–Kier alpha value is -0.710. The summed E-state index contributed by atoms with van der Waals surface area (Å²) in [6, 6.07) is -0.180. The van der Waals surface area contributed by atoms with E-state index in [4.69, 9.17) is 5.11 Å². The second-order valence-electron chi connectivity index (χ2n) is 6.37. The Kier molecular flexibility index (Phi) is 7.57. The van der Waals surface area contributed by atoms with Crippen molar-refractivity contribution in [1.82, 2.24) is 4.90 Å². The Morgan fingerprint density at radius 2 is 2.00 bits per heavy atom. The molecule has 1 heterocycles. The number of unbranched alkanes of at least 4 members (excludes halogenated alkanes) is 4. The average Bonchev–Trinajstić information content (AvgIpc) is 2.71. The minimum atomic E-state index is -2.67. The molecular formula is C16H29F2NO2. The van der Waals surface area contributed by atoms with E-state index in [1.807, 2.05) is 11.8 Å². The van der Waals surface area contributed by atoms with Crippen LogP contribution in [-0.4, -0.2) is 40.5 Å². The van der Waals surface area contributed by atoms with Crippen molar-refractivity contribution in [3.63, 3.8) is 0 Å². The van der Waals surface area contributed by atoms with E-state index in [1.165, 1.54) is 19.3 Å². The summed E-state index contributed by atoms with van der Waals surface area (Å²) in [5.41, 5.74) is 0. The van der Waals surface area contributed by atoms with E-state index < -0.39 is 11.9 Å². The number of halogens is 2. The Morgan fingerprint density at radius 1 is 1.33 bits per heavy atom. The molecule has 0 bridgehead atoms. The second-order valence-corrected chi connectivity index (χ2v) is 6.37. The van der Waals surface area contributed by atoms with Gasteiger partial charge in [0.1, 0.15) is 0 Å². The van der Waals surface area contributed by atoms with E-state index in [0.29, 0.717) is 6.42 Å². The quantitative estimate of drug-likeness (QED) is 0.611. The normalized spacial score (nSPS) is 23.3. The summed E-state index contributed by atoms with van der Waals surface area (Å²) in [4.78, 5) is 12.5. The van der Waals surface area contributed by atoms with Crippen molar-refractivity contribution in [3.8, 4) is 0 Å². The minimum absolute atomic E-state index is 0.0273. The number of carbonyl (C=O) groups is 1. The monoisotopic (exact) mass is 305 g/mol. The molecule has 21 heavy (non-hydrogen) atoms. The van der Waals surface area contributed by atoms with Crippen LogP contribution in [0.2, 0.25) is 0 Å². The summed E-state index contributed by atoms with van der Waals surface area (Å²) in [5, 5.41) is 8.75. The number of alkyl halides is 2. The zero-order valence-electron chi connectivity index (χ0n) is 13.3. The van der Waals surface area contributed by atoms with Gasteiger partial charge < -0.3 is 5.11 Å². The number of hydrogen-bond acceptors (Lipinski definition) is 2. The number of aliphatic carboxylic acids is 1. The van der Waals surface area contributed by atoms with Crippen LogP contribution in [0.3, 0.4) is 0 Å². The Balaban J connectivity index is 2.42. The van der Waals surface area contributed by atoms with Crippen LogP contribution in [0.5, 0.6) is 0 Å². The van der Waals surface area contributed by atoms with Gasteiger partial charge >= 0.3 is 5.97 Å². The van der Waals surface area contributed by atoms with Crippen LogP contribution in [0.1, 0.15) is 71.6 Å². The maximum atomic E-state index is 13.6. The van der Waals surface area contributed by atoms with Crippen molar-refractivity contribution >= 4 is 5.97 Å². The fourth-order valence-corrected chi connectivity index (χ4v) is 3.21. The predicted octanol–water partition coefficient (Wildman–Crippen LogP) is 4.31. The lowest BCUT2D eigenvalue weighted by atomic mass is 10.0. The maximum absolute atomic E-state index is 13.6. The molecule has 0 aromatic carbocycles. The Morgan fingerprint density at radius 3 is 2.62 bits per heavy atom. The van der Waals surface area contributed by atoms with Crippen molar-refractivity contribution in [3.05, 3.63) is 0 Å². The zero-order valence-corrected chi connectivity index (χ0v) is 13.3. The standard InChI is InChI=1S/C16H29F2NO2/c1-3-4-5-6-7-8-13(2)19-12-16(17,18)11-14(19)9-10-15(20)21/h13-14H,3-12H2,1-2H3,(H,20,21)/t13?,14-/m1/s1. The molecule has 0 amide bonds. The molecule has 3 nitrogen and oxygen atoms in total.